The van der Waals surface area contributed by atoms with Crippen molar-refractivity contribution in [2.24, 2.45) is 0 Å². The molecule has 0 aliphatic heterocycles. The van der Waals surface area contributed by atoms with Gasteiger partial charge in [-0.05, 0) is 17.9 Å². The molecule has 3 heteroatoms. The fraction of sp³-hybridized carbons (Fsp3) is 0.300. The summed E-state index contributed by atoms with van der Waals surface area (Å²) < 4.78 is 0. The lowest BCUT2D eigenvalue weighted by atomic mass is 10.3. The van der Waals surface area contributed by atoms with E-state index in [0.29, 0.717) is 6.42 Å². The summed E-state index contributed by atoms with van der Waals surface area (Å²) in [5, 5.41) is 5.33. The second kappa shape index (κ2) is 3.75. The van der Waals surface area contributed by atoms with Gasteiger partial charge in [0.05, 0.1) is 0 Å². The minimum Gasteiger partial charge on any atom is -0.383 e. The van der Waals surface area contributed by atoms with E-state index in [-0.39, 0.29) is 5.78 Å². The fourth-order valence-corrected chi connectivity index (χ4v) is 1.99. The Morgan fingerprint density at radius 2 is 2.38 bits per heavy atom. The van der Waals surface area contributed by atoms with E-state index in [1.165, 1.54) is 4.88 Å². The van der Waals surface area contributed by atoms with E-state index in [9.17, 15) is 4.79 Å². The molecule has 2 nitrogen and oxygen atoms in total. The number of rotatable bonds is 3. The van der Waals surface area contributed by atoms with Crippen LogP contribution in [0.3, 0.4) is 0 Å². The maximum atomic E-state index is 10.9. The van der Waals surface area contributed by atoms with Crippen molar-refractivity contribution in [2.75, 3.05) is 0 Å². The summed E-state index contributed by atoms with van der Waals surface area (Å²) in [5.74, 6) is 0.244. The number of hydrogen-bond donors (Lipinski definition) is 1. The normalized spacial score (nSPS) is 16.0. The highest BCUT2D eigenvalue weighted by molar-refractivity contribution is 7.09. The van der Waals surface area contributed by atoms with Gasteiger partial charge in [-0.15, -0.1) is 11.3 Å². The first-order valence-corrected chi connectivity index (χ1v) is 5.22. The van der Waals surface area contributed by atoms with E-state index in [1.54, 1.807) is 17.4 Å². The lowest BCUT2D eigenvalue weighted by Crippen LogP contribution is -2.09. The molecule has 0 spiro atoms. The van der Waals surface area contributed by atoms with Gasteiger partial charge in [-0.25, -0.2) is 0 Å². The first kappa shape index (κ1) is 8.51. The quantitative estimate of drug-likeness (QED) is 0.796. The molecule has 1 aromatic rings. The largest absolute Gasteiger partial charge is 0.383 e. The van der Waals surface area contributed by atoms with Crippen LogP contribution in [-0.2, 0) is 11.3 Å². The molecule has 2 rings (SSSR count). The molecule has 68 valence electrons. The Hall–Kier alpha value is -1.09. The van der Waals surface area contributed by atoms with Gasteiger partial charge in [-0.3, -0.25) is 4.79 Å². The molecule has 0 saturated carbocycles. The highest BCUT2D eigenvalue weighted by Crippen LogP contribution is 2.14. The first-order chi connectivity index (χ1) is 6.34. The molecule has 13 heavy (non-hydrogen) atoms. The molecule has 0 fully saturated rings. The molecule has 0 amide bonds. The molecule has 0 radical (unpaired) electrons. The summed E-state index contributed by atoms with van der Waals surface area (Å²) in [5.41, 5.74) is 1.08. The second-order valence-electron chi connectivity index (χ2n) is 3.07. The van der Waals surface area contributed by atoms with E-state index >= 15 is 0 Å². The third kappa shape index (κ3) is 2.18. The number of carbonyl (C=O) groups excluding carboxylic acids is 1. The average molecular weight is 193 g/mol. The van der Waals surface area contributed by atoms with Gasteiger partial charge in [0.25, 0.3) is 0 Å². The van der Waals surface area contributed by atoms with Crippen LogP contribution in [0.25, 0.3) is 0 Å². The summed E-state index contributed by atoms with van der Waals surface area (Å²) in [6, 6.07) is 4.13. The topological polar surface area (TPSA) is 29.1 Å². The van der Waals surface area contributed by atoms with Crippen LogP contribution in [0.2, 0.25) is 0 Å². The zero-order valence-electron chi connectivity index (χ0n) is 7.25. The Morgan fingerprint density at radius 1 is 1.46 bits per heavy atom. The molecule has 0 aromatic carbocycles. The number of nitrogens with one attached hydrogen (secondary N) is 1. The number of hydrogen-bond acceptors (Lipinski definition) is 3. The van der Waals surface area contributed by atoms with Gasteiger partial charge < -0.3 is 5.32 Å². The van der Waals surface area contributed by atoms with Crippen molar-refractivity contribution >= 4 is 17.1 Å². The van der Waals surface area contributed by atoms with E-state index in [2.05, 4.69) is 16.8 Å². The standard InChI is InChI=1S/C10H11NOS/c12-9-4-3-8(6-9)11-7-10-2-1-5-13-10/h1-2,5-6,11H,3-4,7H2. The average Bonchev–Trinajstić information content (AvgIpc) is 2.71. The molecular weight excluding hydrogens is 182 g/mol. The SMILES string of the molecule is O=C1C=C(NCc2cccs2)CC1. The number of thiophene rings is 1. The van der Waals surface area contributed by atoms with Gasteiger partial charge >= 0.3 is 0 Å². The van der Waals surface area contributed by atoms with Crippen LogP contribution < -0.4 is 5.32 Å². The monoisotopic (exact) mass is 193 g/mol. The molecule has 1 aliphatic carbocycles. The van der Waals surface area contributed by atoms with Gasteiger partial charge in [0.2, 0.25) is 0 Å². The van der Waals surface area contributed by atoms with E-state index in [4.69, 9.17) is 0 Å². The highest BCUT2D eigenvalue weighted by Gasteiger charge is 2.10. The molecule has 0 atom stereocenters. The molecule has 1 aliphatic rings. The van der Waals surface area contributed by atoms with Gasteiger partial charge in [-0.1, -0.05) is 6.07 Å². The van der Waals surface area contributed by atoms with Crippen LogP contribution in [0, 0.1) is 0 Å². The molecular formula is C10H11NOS. The van der Waals surface area contributed by atoms with Gasteiger partial charge in [0.15, 0.2) is 5.78 Å². The third-order valence-electron chi connectivity index (χ3n) is 2.05. The molecule has 0 bridgehead atoms. The lowest BCUT2D eigenvalue weighted by Gasteiger charge is -2.03. The summed E-state index contributed by atoms with van der Waals surface area (Å²) in [6.45, 7) is 0.844. The summed E-state index contributed by atoms with van der Waals surface area (Å²) >= 11 is 1.73. The number of carbonyl (C=O) groups is 1. The Bertz CT molecular complexity index is 327. The first-order valence-electron chi connectivity index (χ1n) is 4.34. The van der Waals surface area contributed by atoms with E-state index in [0.717, 1.165) is 18.7 Å². The van der Waals surface area contributed by atoms with Gasteiger partial charge in [0, 0.05) is 29.6 Å². The van der Waals surface area contributed by atoms with Crippen molar-refractivity contribution in [3.8, 4) is 0 Å². The molecule has 1 N–H and O–H groups in total. The minimum atomic E-state index is 0.244. The van der Waals surface area contributed by atoms with E-state index in [1.807, 2.05) is 6.07 Å². The minimum absolute atomic E-state index is 0.244. The highest BCUT2D eigenvalue weighted by atomic mass is 32.1. The van der Waals surface area contributed by atoms with Crippen molar-refractivity contribution in [1.29, 1.82) is 0 Å². The predicted octanol–water partition coefficient (Wildman–Crippen LogP) is 2.08. The molecule has 1 aromatic heterocycles. The molecule has 1 heterocycles. The molecule has 0 saturated heterocycles. The predicted molar refractivity (Wildman–Crippen MR) is 53.5 cm³/mol. The van der Waals surface area contributed by atoms with Crippen molar-refractivity contribution in [1.82, 2.24) is 5.32 Å². The van der Waals surface area contributed by atoms with Crippen LogP contribution in [0.1, 0.15) is 17.7 Å². The third-order valence-corrected chi connectivity index (χ3v) is 2.92. The van der Waals surface area contributed by atoms with Crippen LogP contribution in [0.15, 0.2) is 29.3 Å². The second-order valence-corrected chi connectivity index (χ2v) is 4.10. The number of allylic oxidation sites excluding steroid dienone is 2. The lowest BCUT2D eigenvalue weighted by molar-refractivity contribution is -0.114. The van der Waals surface area contributed by atoms with Gasteiger partial charge in [-0.2, -0.15) is 0 Å². The van der Waals surface area contributed by atoms with Crippen LogP contribution in [-0.4, -0.2) is 5.78 Å². The van der Waals surface area contributed by atoms with Crippen molar-refractivity contribution in [2.45, 2.75) is 19.4 Å². The maximum absolute atomic E-state index is 10.9. The Labute approximate surface area is 81.3 Å². The van der Waals surface area contributed by atoms with Gasteiger partial charge in [0.1, 0.15) is 0 Å². The smallest absolute Gasteiger partial charge is 0.157 e. The fourth-order valence-electron chi connectivity index (χ4n) is 1.35. The Balaban J connectivity index is 1.87. The van der Waals surface area contributed by atoms with Crippen LogP contribution >= 0.6 is 11.3 Å². The summed E-state index contributed by atoms with van der Waals surface area (Å²) in [4.78, 5) is 12.2. The van der Waals surface area contributed by atoms with E-state index < -0.39 is 0 Å². The summed E-state index contributed by atoms with van der Waals surface area (Å²) in [7, 11) is 0. The summed E-state index contributed by atoms with van der Waals surface area (Å²) in [6.07, 6.45) is 3.27. The van der Waals surface area contributed by atoms with Crippen molar-refractivity contribution in [3.05, 3.63) is 34.2 Å². The number of ketones is 1. The van der Waals surface area contributed by atoms with Crippen LogP contribution in [0.5, 0.6) is 0 Å². The van der Waals surface area contributed by atoms with Crippen molar-refractivity contribution in [3.63, 3.8) is 0 Å². The zero-order chi connectivity index (χ0) is 9.10. The van der Waals surface area contributed by atoms with Crippen LogP contribution in [0.4, 0.5) is 0 Å². The molecule has 0 unspecified atom stereocenters. The zero-order valence-corrected chi connectivity index (χ0v) is 8.06. The van der Waals surface area contributed by atoms with Crippen molar-refractivity contribution < 1.29 is 4.79 Å². The Morgan fingerprint density at radius 3 is 3.00 bits per heavy atom. The Kier molecular flexibility index (Phi) is 2.45. The maximum Gasteiger partial charge on any atom is 0.157 e.